The molecule has 1 heterocycles. The number of aliphatic hydroxyl groups excluding tert-OH is 1. The molecule has 2 aliphatic rings. The van der Waals surface area contributed by atoms with Crippen molar-refractivity contribution in [3.63, 3.8) is 0 Å². The molecule has 1 aromatic carbocycles. The van der Waals surface area contributed by atoms with Gasteiger partial charge < -0.3 is 5.11 Å². The summed E-state index contributed by atoms with van der Waals surface area (Å²) in [5.41, 5.74) is 0.294. The van der Waals surface area contributed by atoms with Crippen molar-refractivity contribution in [1.29, 1.82) is 0 Å². The van der Waals surface area contributed by atoms with Gasteiger partial charge in [0.15, 0.2) is 0 Å². The van der Waals surface area contributed by atoms with E-state index in [1.165, 1.54) is 0 Å². The Morgan fingerprint density at radius 3 is 2.40 bits per heavy atom. The van der Waals surface area contributed by atoms with Crippen LogP contribution in [0.4, 0.5) is 13.2 Å². The van der Waals surface area contributed by atoms with Gasteiger partial charge in [0.1, 0.15) is 0 Å². The SMILES string of the molecule is O[C@@H]1CC[C@@H]2CN(Cc3ccc(C(F)(F)F)cc3)C[C@@H]21. The molecule has 0 spiro atoms. The third-order valence-corrected chi connectivity index (χ3v) is 4.58. The van der Waals surface area contributed by atoms with Crippen LogP contribution in [-0.4, -0.2) is 29.2 Å². The summed E-state index contributed by atoms with van der Waals surface area (Å²) in [4.78, 5) is 2.24. The first-order valence-electron chi connectivity index (χ1n) is 7.00. The van der Waals surface area contributed by atoms with Crippen LogP contribution in [0.2, 0.25) is 0 Å². The Morgan fingerprint density at radius 2 is 1.80 bits per heavy atom. The van der Waals surface area contributed by atoms with Crippen molar-refractivity contribution in [1.82, 2.24) is 4.90 Å². The van der Waals surface area contributed by atoms with Gasteiger partial charge in [-0.25, -0.2) is 0 Å². The smallest absolute Gasteiger partial charge is 0.393 e. The van der Waals surface area contributed by atoms with Crippen molar-refractivity contribution in [2.24, 2.45) is 11.8 Å². The number of aliphatic hydroxyl groups is 1. The summed E-state index contributed by atoms with van der Waals surface area (Å²) < 4.78 is 37.5. The van der Waals surface area contributed by atoms with Gasteiger partial charge in [-0.1, -0.05) is 12.1 Å². The molecular formula is C15H18F3NO. The summed E-state index contributed by atoms with van der Waals surface area (Å²) in [6.07, 6.45) is -2.51. The maximum absolute atomic E-state index is 12.5. The monoisotopic (exact) mass is 285 g/mol. The molecule has 110 valence electrons. The summed E-state index contributed by atoms with van der Waals surface area (Å²) in [5.74, 6) is 0.906. The number of alkyl halides is 3. The lowest BCUT2D eigenvalue weighted by Crippen LogP contribution is -2.24. The first-order chi connectivity index (χ1) is 9.43. The normalized spacial score (nSPS) is 30.7. The third kappa shape index (κ3) is 2.69. The molecule has 0 amide bonds. The average molecular weight is 285 g/mol. The molecule has 0 aromatic heterocycles. The lowest BCUT2D eigenvalue weighted by Gasteiger charge is -2.18. The lowest BCUT2D eigenvalue weighted by atomic mass is 10.00. The quantitative estimate of drug-likeness (QED) is 0.903. The van der Waals surface area contributed by atoms with Gasteiger partial charge in [0.25, 0.3) is 0 Å². The van der Waals surface area contributed by atoms with E-state index in [1.54, 1.807) is 12.1 Å². The number of benzene rings is 1. The zero-order chi connectivity index (χ0) is 14.3. The molecule has 20 heavy (non-hydrogen) atoms. The Kier molecular flexibility index (Phi) is 3.50. The van der Waals surface area contributed by atoms with Gasteiger partial charge in [-0.15, -0.1) is 0 Å². The Morgan fingerprint density at radius 1 is 1.10 bits per heavy atom. The highest BCUT2D eigenvalue weighted by atomic mass is 19.4. The summed E-state index contributed by atoms with van der Waals surface area (Å²) in [7, 11) is 0. The van der Waals surface area contributed by atoms with E-state index < -0.39 is 11.7 Å². The Balaban J connectivity index is 1.62. The zero-order valence-corrected chi connectivity index (χ0v) is 11.1. The molecule has 3 atom stereocenters. The van der Waals surface area contributed by atoms with E-state index in [0.29, 0.717) is 18.4 Å². The Labute approximate surface area is 116 Å². The number of hydrogen-bond acceptors (Lipinski definition) is 2. The Hall–Kier alpha value is -1.07. The van der Waals surface area contributed by atoms with Gasteiger partial charge >= 0.3 is 6.18 Å². The van der Waals surface area contributed by atoms with Gasteiger partial charge in [0.05, 0.1) is 11.7 Å². The van der Waals surface area contributed by atoms with Crippen molar-refractivity contribution in [3.05, 3.63) is 35.4 Å². The van der Waals surface area contributed by atoms with E-state index in [-0.39, 0.29) is 6.10 Å². The number of hydrogen-bond donors (Lipinski definition) is 1. The molecule has 3 rings (SSSR count). The minimum atomic E-state index is -4.27. The topological polar surface area (TPSA) is 23.5 Å². The van der Waals surface area contributed by atoms with Crippen LogP contribution >= 0.6 is 0 Å². The zero-order valence-electron chi connectivity index (χ0n) is 11.1. The summed E-state index contributed by atoms with van der Waals surface area (Å²) >= 11 is 0. The van der Waals surface area contributed by atoms with Crippen LogP contribution in [0.5, 0.6) is 0 Å². The highest BCUT2D eigenvalue weighted by Gasteiger charge is 2.41. The van der Waals surface area contributed by atoms with Crippen LogP contribution in [0.25, 0.3) is 0 Å². The molecule has 1 N–H and O–H groups in total. The fraction of sp³-hybridized carbons (Fsp3) is 0.600. The molecule has 2 nitrogen and oxygen atoms in total. The number of rotatable bonds is 2. The molecule has 1 saturated carbocycles. The van der Waals surface area contributed by atoms with Crippen molar-refractivity contribution < 1.29 is 18.3 Å². The average Bonchev–Trinajstić information content (AvgIpc) is 2.92. The molecule has 0 bridgehead atoms. The van der Waals surface area contributed by atoms with Crippen molar-refractivity contribution >= 4 is 0 Å². The highest BCUT2D eigenvalue weighted by Crippen LogP contribution is 2.38. The minimum Gasteiger partial charge on any atom is -0.393 e. The van der Waals surface area contributed by atoms with Gasteiger partial charge in [-0.3, -0.25) is 4.90 Å². The van der Waals surface area contributed by atoms with E-state index in [2.05, 4.69) is 4.90 Å². The second-order valence-electron chi connectivity index (χ2n) is 5.96. The summed E-state index contributed by atoms with van der Waals surface area (Å²) in [5, 5.41) is 9.86. The molecule has 5 heteroatoms. The molecule has 2 fully saturated rings. The molecule has 1 aliphatic heterocycles. The van der Waals surface area contributed by atoms with Crippen LogP contribution in [-0.2, 0) is 12.7 Å². The standard InChI is InChI=1S/C15H18F3NO/c16-15(17,18)12-4-1-10(2-5-12)7-19-8-11-3-6-14(20)13(11)9-19/h1-2,4-5,11,13-14,20H,3,6-9H2/t11-,13+,14-/m1/s1. The van der Waals surface area contributed by atoms with Crippen LogP contribution in [0.3, 0.4) is 0 Å². The first-order valence-corrected chi connectivity index (χ1v) is 7.00. The fourth-order valence-corrected chi connectivity index (χ4v) is 3.52. The molecule has 1 saturated heterocycles. The van der Waals surface area contributed by atoms with Crippen LogP contribution < -0.4 is 0 Å². The summed E-state index contributed by atoms with van der Waals surface area (Å²) in [6.45, 7) is 2.47. The second-order valence-corrected chi connectivity index (χ2v) is 5.96. The molecule has 0 unspecified atom stereocenters. The van der Waals surface area contributed by atoms with Gasteiger partial charge in [0, 0.05) is 25.6 Å². The summed E-state index contributed by atoms with van der Waals surface area (Å²) in [6, 6.07) is 5.38. The van der Waals surface area contributed by atoms with Gasteiger partial charge in [-0.05, 0) is 36.5 Å². The molecule has 1 aromatic rings. The van der Waals surface area contributed by atoms with Crippen molar-refractivity contribution in [2.75, 3.05) is 13.1 Å². The predicted octanol–water partition coefficient (Wildman–Crippen LogP) is 2.91. The highest BCUT2D eigenvalue weighted by molar-refractivity contribution is 5.24. The number of likely N-dealkylation sites (tertiary alicyclic amines) is 1. The fourth-order valence-electron chi connectivity index (χ4n) is 3.52. The van der Waals surface area contributed by atoms with E-state index in [4.69, 9.17) is 0 Å². The number of halogens is 3. The van der Waals surface area contributed by atoms with E-state index in [1.807, 2.05) is 0 Å². The lowest BCUT2D eigenvalue weighted by molar-refractivity contribution is -0.137. The van der Waals surface area contributed by atoms with Crippen molar-refractivity contribution in [3.8, 4) is 0 Å². The van der Waals surface area contributed by atoms with E-state index in [9.17, 15) is 18.3 Å². The van der Waals surface area contributed by atoms with Crippen molar-refractivity contribution in [2.45, 2.75) is 31.7 Å². The molecular weight excluding hydrogens is 267 g/mol. The van der Waals surface area contributed by atoms with Gasteiger partial charge in [0.2, 0.25) is 0 Å². The predicted molar refractivity (Wildman–Crippen MR) is 68.9 cm³/mol. The molecule has 0 radical (unpaired) electrons. The maximum atomic E-state index is 12.5. The first kappa shape index (κ1) is 13.9. The van der Waals surface area contributed by atoms with Crippen LogP contribution in [0.1, 0.15) is 24.0 Å². The third-order valence-electron chi connectivity index (χ3n) is 4.58. The van der Waals surface area contributed by atoms with E-state index >= 15 is 0 Å². The maximum Gasteiger partial charge on any atom is 0.416 e. The molecule has 1 aliphatic carbocycles. The second kappa shape index (κ2) is 5.04. The van der Waals surface area contributed by atoms with Crippen LogP contribution in [0.15, 0.2) is 24.3 Å². The van der Waals surface area contributed by atoms with E-state index in [0.717, 1.165) is 43.6 Å². The van der Waals surface area contributed by atoms with Gasteiger partial charge in [-0.2, -0.15) is 13.2 Å². The minimum absolute atomic E-state index is 0.197. The van der Waals surface area contributed by atoms with Crippen LogP contribution in [0, 0.1) is 11.8 Å². The number of nitrogens with zero attached hydrogens (tertiary/aromatic N) is 1. The number of fused-ring (bicyclic) bond motifs is 1. The Bertz CT molecular complexity index is 471. The largest absolute Gasteiger partial charge is 0.416 e.